The summed E-state index contributed by atoms with van der Waals surface area (Å²) in [4.78, 5) is 13.4. The van der Waals surface area contributed by atoms with E-state index in [0.717, 1.165) is 14.8 Å². The standard InChI is InChI=1S/C12H17IN2O2/c1-3-15(6-7-16)12(17)14-11-5-4-10(13)8-9(11)2/h4-5,8,16H,3,6-7H2,1-2H3,(H,14,17). The van der Waals surface area contributed by atoms with Crippen LogP contribution in [0.3, 0.4) is 0 Å². The highest BCUT2D eigenvalue weighted by molar-refractivity contribution is 14.1. The second-order valence-electron chi connectivity index (χ2n) is 3.69. The van der Waals surface area contributed by atoms with Gasteiger partial charge in [0.25, 0.3) is 0 Å². The number of nitrogens with zero attached hydrogens (tertiary/aromatic N) is 1. The van der Waals surface area contributed by atoms with Gasteiger partial charge in [-0.2, -0.15) is 0 Å². The number of carbonyl (C=O) groups is 1. The molecule has 0 atom stereocenters. The first-order valence-electron chi connectivity index (χ1n) is 5.51. The van der Waals surface area contributed by atoms with Crippen molar-refractivity contribution in [3.05, 3.63) is 27.3 Å². The van der Waals surface area contributed by atoms with Crippen LogP contribution in [0.2, 0.25) is 0 Å². The van der Waals surface area contributed by atoms with E-state index < -0.39 is 0 Å². The second kappa shape index (κ2) is 6.80. The second-order valence-corrected chi connectivity index (χ2v) is 4.94. The fourth-order valence-corrected chi connectivity index (χ4v) is 2.13. The van der Waals surface area contributed by atoms with Gasteiger partial charge in [-0.15, -0.1) is 0 Å². The SMILES string of the molecule is CCN(CCO)C(=O)Nc1ccc(I)cc1C. The summed E-state index contributed by atoms with van der Waals surface area (Å²) in [6, 6.07) is 5.68. The normalized spacial score (nSPS) is 10.1. The number of hydrogen-bond acceptors (Lipinski definition) is 2. The van der Waals surface area contributed by atoms with E-state index in [1.807, 2.05) is 32.0 Å². The molecule has 0 aliphatic carbocycles. The molecule has 0 saturated carbocycles. The Morgan fingerprint density at radius 1 is 1.53 bits per heavy atom. The summed E-state index contributed by atoms with van der Waals surface area (Å²) in [5.41, 5.74) is 1.84. The lowest BCUT2D eigenvalue weighted by Gasteiger charge is -2.20. The average molecular weight is 348 g/mol. The zero-order chi connectivity index (χ0) is 12.8. The zero-order valence-corrected chi connectivity index (χ0v) is 12.2. The van der Waals surface area contributed by atoms with Crippen LogP contribution >= 0.6 is 22.6 Å². The van der Waals surface area contributed by atoms with Gasteiger partial charge in [-0.1, -0.05) is 0 Å². The molecule has 0 aliphatic rings. The van der Waals surface area contributed by atoms with Crippen LogP contribution in [0.25, 0.3) is 0 Å². The van der Waals surface area contributed by atoms with Gasteiger partial charge >= 0.3 is 6.03 Å². The maximum Gasteiger partial charge on any atom is 0.321 e. The topological polar surface area (TPSA) is 52.6 Å². The van der Waals surface area contributed by atoms with Gasteiger partial charge in [0, 0.05) is 22.3 Å². The number of carbonyl (C=O) groups excluding carboxylic acids is 1. The maximum absolute atomic E-state index is 11.9. The van der Waals surface area contributed by atoms with E-state index in [1.54, 1.807) is 4.90 Å². The van der Waals surface area contributed by atoms with Crippen LogP contribution in [-0.2, 0) is 0 Å². The highest BCUT2D eigenvalue weighted by Gasteiger charge is 2.11. The monoisotopic (exact) mass is 348 g/mol. The molecule has 0 aromatic heterocycles. The average Bonchev–Trinajstić information content (AvgIpc) is 2.29. The Balaban J connectivity index is 2.73. The van der Waals surface area contributed by atoms with E-state index in [-0.39, 0.29) is 12.6 Å². The van der Waals surface area contributed by atoms with Gasteiger partial charge in [-0.05, 0) is 60.2 Å². The molecular weight excluding hydrogens is 331 g/mol. The number of aliphatic hydroxyl groups is 1. The minimum Gasteiger partial charge on any atom is -0.395 e. The molecule has 0 unspecified atom stereocenters. The quantitative estimate of drug-likeness (QED) is 0.822. The molecule has 5 heteroatoms. The van der Waals surface area contributed by atoms with Gasteiger partial charge in [-0.3, -0.25) is 0 Å². The third-order valence-corrected chi connectivity index (χ3v) is 3.14. The van der Waals surface area contributed by atoms with Crippen LogP contribution in [0.5, 0.6) is 0 Å². The number of nitrogens with one attached hydrogen (secondary N) is 1. The molecule has 0 aliphatic heterocycles. The van der Waals surface area contributed by atoms with E-state index in [1.165, 1.54) is 0 Å². The van der Waals surface area contributed by atoms with Crippen LogP contribution in [0.15, 0.2) is 18.2 Å². The first-order valence-corrected chi connectivity index (χ1v) is 6.59. The van der Waals surface area contributed by atoms with Crippen molar-refractivity contribution in [3.8, 4) is 0 Å². The van der Waals surface area contributed by atoms with Crippen molar-refractivity contribution in [3.63, 3.8) is 0 Å². The molecule has 1 rings (SSSR count). The van der Waals surface area contributed by atoms with Crippen molar-refractivity contribution in [2.24, 2.45) is 0 Å². The Kier molecular flexibility index (Phi) is 5.70. The lowest BCUT2D eigenvalue weighted by atomic mass is 10.2. The largest absolute Gasteiger partial charge is 0.395 e. The Morgan fingerprint density at radius 2 is 2.24 bits per heavy atom. The number of likely N-dealkylation sites (N-methyl/N-ethyl adjacent to an activating group) is 1. The Bertz CT molecular complexity index is 396. The lowest BCUT2D eigenvalue weighted by Crippen LogP contribution is -2.36. The van der Waals surface area contributed by atoms with E-state index in [0.29, 0.717) is 13.1 Å². The molecule has 0 saturated heterocycles. The third-order valence-electron chi connectivity index (χ3n) is 2.47. The first kappa shape index (κ1) is 14.2. The molecule has 0 radical (unpaired) electrons. The van der Waals surface area contributed by atoms with Crippen LogP contribution in [0, 0.1) is 10.5 Å². The summed E-state index contributed by atoms with van der Waals surface area (Å²) in [5, 5.41) is 11.7. The fourth-order valence-electron chi connectivity index (χ4n) is 1.49. The van der Waals surface area contributed by atoms with E-state index in [2.05, 4.69) is 27.9 Å². The third kappa shape index (κ3) is 4.16. The molecule has 0 bridgehead atoms. The minimum atomic E-state index is -0.175. The minimum absolute atomic E-state index is 0.0209. The van der Waals surface area contributed by atoms with Gasteiger partial charge in [0.2, 0.25) is 0 Å². The summed E-state index contributed by atoms with van der Waals surface area (Å²) >= 11 is 2.23. The van der Waals surface area contributed by atoms with Crippen molar-refractivity contribution in [2.75, 3.05) is 25.0 Å². The number of aliphatic hydroxyl groups excluding tert-OH is 1. The highest BCUT2D eigenvalue weighted by Crippen LogP contribution is 2.18. The van der Waals surface area contributed by atoms with E-state index >= 15 is 0 Å². The van der Waals surface area contributed by atoms with Gasteiger partial charge in [-0.25, -0.2) is 4.79 Å². The molecule has 1 aromatic carbocycles. The molecule has 1 aromatic rings. The smallest absolute Gasteiger partial charge is 0.321 e. The summed E-state index contributed by atoms with van der Waals surface area (Å²) in [6.07, 6.45) is 0. The van der Waals surface area contributed by atoms with Gasteiger partial charge in [0.1, 0.15) is 0 Å². The number of rotatable bonds is 4. The number of benzene rings is 1. The van der Waals surface area contributed by atoms with Crippen molar-refractivity contribution in [1.29, 1.82) is 0 Å². The van der Waals surface area contributed by atoms with E-state index in [4.69, 9.17) is 5.11 Å². The molecule has 0 fully saturated rings. The van der Waals surface area contributed by atoms with Crippen LogP contribution < -0.4 is 5.32 Å². The maximum atomic E-state index is 11.9. The summed E-state index contributed by atoms with van der Waals surface area (Å²) in [5.74, 6) is 0. The van der Waals surface area contributed by atoms with Gasteiger partial charge in [0.05, 0.1) is 6.61 Å². The predicted molar refractivity (Wildman–Crippen MR) is 77.2 cm³/mol. The van der Waals surface area contributed by atoms with Gasteiger partial charge < -0.3 is 15.3 Å². The van der Waals surface area contributed by atoms with Crippen molar-refractivity contribution in [1.82, 2.24) is 4.90 Å². The summed E-state index contributed by atoms with van der Waals surface area (Å²) < 4.78 is 1.14. The molecular formula is C12H17IN2O2. The number of hydrogen-bond donors (Lipinski definition) is 2. The molecule has 0 heterocycles. The Labute approximate surface area is 115 Å². The van der Waals surface area contributed by atoms with Crippen molar-refractivity contribution in [2.45, 2.75) is 13.8 Å². The molecule has 94 valence electrons. The number of halogens is 1. The van der Waals surface area contributed by atoms with Crippen molar-refractivity contribution >= 4 is 34.3 Å². The fraction of sp³-hybridized carbons (Fsp3) is 0.417. The molecule has 2 N–H and O–H groups in total. The van der Waals surface area contributed by atoms with E-state index in [9.17, 15) is 4.79 Å². The summed E-state index contributed by atoms with van der Waals surface area (Å²) in [7, 11) is 0. The predicted octanol–water partition coefficient (Wildman–Crippen LogP) is 2.45. The molecule has 0 spiro atoms. The van der Waals surface area contributed by atoms with Gasteiger partial charge in [0.15, 0.2) is 0 Å². The van der Waals surface area contributed by atoms with Crippen LogP contribution in [-0.4, -0.2) is 35.7 Å². The van der Waals surface area contributed by atoms with Crippen LogP contribution in [0.1, 0.15) is 12.5 Å². The lowest BCUT2D eigenvalue weighted by molar-refractivity contribution is 0.192. The summed E-state index contributed by atoms with van der Waals surface area (Å²) in [6.45, 7) is 4.75. The molecule has 17 heavy (non-hydrogen) atoms. The number of urea groups is 1. The van der Waals surface area contributed by atoms with Crippen molar-refractivity contribution < 1.29 is 9.90 Å². The highest BCUT2D eigenvalue weighted by atomic mass is 127. The molecule has 2 amide bonds. The first-order chi connectivity index (χ1) is 8.08. The Morgan fingerprint density at radius 3 is 2.76 bits per heavy atom. The molecule has 4 nitrogen and oxygen atoms in total. The number of aryl methyl sites for hydroxylation is 1. The number of anilines is 1. The Hall–Kier alpha value is -0.820. The zero-order valence-electron chi connectivity index (χ0n) is 10.0. The number of amides is 2. The van der Waals surface area contributed by atoms with Crippen LogP contribution in [0.4, 0.5) is 10.5 Å².